The van der Waals surface area contributed by atoms with Crippen LogP contribution in [0.1, 0.15) is 15.9 Å². The number of rotatable bonds is 9. The molecule has 2 amide bonds. The summed E-state index contributed by atoms with van der Waals surface area (Å²) < 4.78 is 7.25. The molecule has 8 nitrogen and oxygen atoms in total. The van der Waals surface area contributed by atoms with E-state index in [2.05, 4.69) is 27.4 Å². The van der Waals surface area contributed by atoms with Gasteiger partial charge in [0.1, 0.15) is 0 Å². The van der Waals surface area contributed by atoms with Crippen LogP contribution < -0.4 is 10.6 Å². The van der Waals surface area contributed by atoms with Gasteiger partial charge in [-0.25, -0.2) is 0 Å². The van der Waals surface area contributed by atoms with Gasteiger partial charge < -0.3 is 15.1 Å². The Hall–Kier alpha value is -4.11. The van der Waals surface area contributed by atoms with Crippen molar-refractivity contribution in [2.24, 2.45) is 0 Å². The number of nitrogens with one attached hydrogen (secondary N) is 2. The smallest absolute Gasteiger partial charge is 0.257 e. The molecule has 9 heteroatoms. The molecule has 0 atom stereocenters. The van der Waals surface area contributed by atoms with E-state index in [-0.39, 0.29) is 17.6 Å². The molecule has 4 aromatic rings. The number of furan rings is 1. The number of hydrogen-bond acceptors (Lipinski definition) is 6. The van der Waals surface area contributed by atoms with Gasteiger partial charge in [-0.2, -0.15) is 0 Å². The van der Waals surface area contributed by atoms with Gasteiger partial charge in [-0.05, 0) is 48.9 Å². The number of allylic oxidation sites excluding steroid dienone is 1. The second-order valence-corrected chi connectivity index (χ2v) is 8.33. The normalized spacial score (nSPS) is 10.6. The largest absolute Gasteiger partial charge is 0.461 e. The molecule has 0 aliphatic heterocycles. The van der Waals surface area contributed by atoms with Crippen LogP contribution in [0.2, 0.25) is 0 Å². The second kappa shape index (κ2) is 10.7. The second-order valence-electron chi connectivity index (χ2n) is 7.39. The quantitative estimate of drug-likeness (QED) is 0.262. The summed E-state index contributed by atoms with van der Waals surface area (Å²) in [7, 11) is 0. The molecule has 0 fully saturated rings. The number of anilines is 2. The zero-order chi connectivity index (χ0) is 23.9. The van der Waals surface area contributed by atoms with Crippen molar-refractivity contribution in [2.45, 2.75) is 18.6 Å². The van der Waals surface area contributed by atoms with Crippen LogP contribution in [0.25, 0.3) is 11.6 Å². The average molecular weight is 474 g/mol. The molecule has 0 unspecified atom stereocenters. The molecular formula is C25H23N5O3S. The minimum absolute atomic E-state index is 0.0846. The topological polar surface area (TPSA) is 102 Å². The van der Waals surface area contributed by atoms with Gasteiger partial charge in [0.25, 0.3) is 5.91 Å². The number of hydrogen-bond donors (Lipinski definition) is 2. The average Bonchev–Trinajstić information content (AvgIpc) is 3.48. The molecule has 0 saturated carbocycles. The molecule has 2 aromatic heterocycles. The van der Waals surface area contributed by atoms with Gasteiger partial charge in [-0.15, -0.1) is 16.8 Å². The third-order valence-corrected chi connectivity index (χ3v) is 5.79. The van der Waals surface area contributed by atoms with Crippen molar-refractivity contribution in [3.63, 3.8) is 0 Å². The van der Waals surface area contributed by atoms with Crippen molar-refractivity contribution in [1.29, 1.82) is 0 Å². The molecule has 0 radical (unpaired) electrons. The zero-order valence-corrected chi connectivity index (χ0v) is 19.3. The van der Waals surface area contributed by atoms with Crippen molar-refractivity contribution in [3.8, 4) is 11.6 Å². The van der Waals surface area contributed by atoms with Crippen molar-refractivity contribution < 1.29 is 14.0 Å². The number of carbonyl (C=O) groups is 2. The van der Waals surface area contributed by atoms with Gasteiger partial charge in [-0.1, -0.05) is 42.1 Å². The van der Waals surface area contributed by atoms with Crippen molar-refractivity contribution in [2.75, 3.05) is 16.4 Å². The summed E-state index contributed by atoms with van der Waals surface area (Å²) in [6.45, 7) is 6.20. The Kier molecular flexibility index (Phi) is 7.24. The van der Waals surface area contributed by atoms with Crippen LogP contribution in [0.5, 0.6) is 0 Å². The Morgan fingerprint density at radius 3 is 2.71 bits per heavy atom. The van der Waals surface area contributed by atoms with E-state index in [1.807, 2.05) is 35.8 Å². The minimum Gasteiger partial charge on any atom is -0.461 e. The summed E-state index contributed by atoms with van der Waals surface area (Å²) in [4.78, 5) is 25.5. The number of aryl methyl sites for hydroxylation is 1. The Balaban J connectivity index is 1.43. The zero-order valence-electron chi connectivity index (χ0n) is 18.5. The van der Waals surface area contributed by atoms with Gasteiger partial charge in [0, 0.05) is 12.2 Å². The number of nitrogens with zero attached hydrogens (tertiary/aromatic N) is 3. The summed E-state index contributed by atoms with van der Waals surface area (Å²) in [5.41, 5.74) is 2.53. The highest BCUT2D eigenvalue weighted by molar-refractivity contribution is 7.99. The minimum atomic E-state index is -0.303. The van der Waals surface area contributed by atoms with Crippen LogP contribution in [-0.4, -0.2) is 32.3 Å². The van der Waals surface area contributed by atoms with Gasteiger partial charge in [-0.3, -0.25) is 14.2 Å². The molecule has 0 spiro atoms. The first-order valence-corrected chi connectivity index (χ1v) is 11.5. The molecule has 0 aliphatic carbocycles. The number of benzene rings is 2. The lowest BCUT2D eigenvalue weighted by molar-refractivity contribution is -0.113. The molecule has 0 saturated heterocycles. The van der Waals surface area contributed by atoms with E-state index in [9.17, 15) is 9.59 Å². The molecule has 0 aliphatic rings. The Bertz CT molecular complexity index is 1310. The van der Waals surface area contributed by atoms with E-state index in [0.717, 1.165) is 5.56 Å². The predicted octanol–water partition coefficient (Wildman–Crippen LogP) is 5.02. The predicted molar refractivity (Wildman–Crippen MR) is 133 cm³/mol. The maximum Gasteiger partial charge on any atom is 0.257 e. The van der Waals surface area contributed by atoms with Crippen LogP contribution in [0.3, 0.4) is 0 Å². The van der Waals surface area contributed by atoms with Crippen LogP contribution in [0.15, 0.2) is 89.2 Å². The van der Waals surface area contributed by atoms with Crippen molar-refractivity contribution in [1.82, 2.24) is 14.8 Å². The van der Waals surface area contributed by atoms with E-state index in [0.29, 0.717) is 40.2 Å². The van der Waals surface area contributed by atoms with E-state index < -0.39 is 0 Å². The van der Waals surface area contributed by atoms with Crippen LogP contribution in [0.4, 0.5) is 11.4 Å². The van der Waals surface area contributed by atoms with E-state index in [4.69, 9.17) is 4.42 Å². The lowest BCUT2D eigenvalue weighted by Gasteiger charge is -2.12. The highest BCUT2D eigenvalue weighted by atomic mass is 32.2. The molecule has 172 valence electrons. The Labute approximate surface area is 201 Å². The van der Waals surface area contributed by atoms with Crippen molar-refractivity contribution in [3.05, 3.63) is 90.7 Å². The fourth-order valence-electron chi connectivity index (χ4n) is 3.30. The summed E-state index contributed by atoms with van der Waals surface area (Å²) in [5, 5.41) is 14.6. The SMILES string of the molecule is C=CCn1c(SCC(=O)Nc2ccccc2C(=O)Nc2cccc(C)c2)nnc1-c1ccco1. The first kappa shape index (κ1) is 23.1. The summed E-state index contributed by atoms with van der Waals surface area (Å²) in [6, 6.07) is 18.0. The number of para-hydroxylation sites is 1. The maximum atomic E-state index is 12.8. The van der Waals surface area contributed by atoms with Crippen LogP contribution in [-0.2, 0) is 11.3 Å². The molecule has 34 heavy (non-hydrogen) atoms. The lowest BCUT2D eigenvalue weighted by atomic mass is 10.1. The molecule has 2 N–H and O–H groups in total. The molecule has 2 heterocycles. The van der Waals surface area contributed by atoms with Gasteiger partial charge in [0.2, 0.25) is 11.7 Å². The Morgan fingerprint density at radius 2 is 1.94 bits per heavy atom. The van der Waals surface area contributed by atoms with Gasteiger partial charge in [0.05, 0.1) is 23.3 Å². The Morgan fingerprint density at radius 1 is 1.09 bits per heavy atom. The lowest BCUT2D eigenvalue weighted by Crippen LogP contribution is -2.19. The molecule has 4 rings (SSSR count). The highest BCUT2D eigenvalue weighted by Gasteiger charge is 2.18. The standard InChI is InChI=1S/C25H23N5O3S/c1-3-13-30-23(21-12-7-14-33-21)28-29-25(30)34-16-22(31)27-20-11-5-4-10-19(20)24(32)26-18-9-6-8-17(2)15-18/h3-12,14-15H,1,13,16H2,2H3,(H,26,32)(H,27,31). The molecule has 2 aromatic carbocycles. The number of carbonyl (C=O) groups excluding carboxylic acids is 2. The monoisotopic (exact) mass is 473 g/mol. The summed E-state index contributed by atoms with van der Waals surface area (Å²) in [5.74, 6) is 0.656. The first-order valence-electron chi connectivity index (χ1n) is 10.5. The van der Waals surface area contributed by atoms with E-state index in [1.165, 1.54) is 11.8 Å². The molecular weight excluding hydrogens is 450 g/mol. The van der Waals surface area contributed by atoms with Crippen LogP contribution >= 0.6 is 11.8 Å². The first-order chi connectivity index (χ1) is 16.5. The summed E-state index contributed by atoms with van der Waals surface area (Å²) >= 11 is 1.24. The number of aromatic nitrogens is 3. The van der Waals surface area contributed by atoms with E-state index in [1.54, 1.807) is 48.7 Å². The number of thioether (sulfide) groups is 1. The van der Waals surface area contributed by atoms with Gasteiger partial charge >= 0.3 is 0 Å². The third-order valence-electron chi connectivity index (χ3n) is 4.82. The van der Waals surface area contributed by atoms with Crippen molar-refractivity contribution >= 4 is 35.0 Å². The number of amides is 2. The van der Waals surface area contributed by atoms with Crippen LogP contribution in [0, 0.1) is 6.92 Å². The highest BCUT2D eigenvalue weighted by Crippen LogP contribution is 2.25. The van der Waals surface area contributed by atoms with E-state index >= 15 is 0 Å². The third kappa shape index (κ3) is 5.44. The summed E-state index contributed by atoms with van der Waals surface area (Å²) in [6.07, 6.45) is 3.29. The fourth-order valence-corrected chi connectivity index (χ4v) is 4.05. The fraction of sp³-hybridized carbons (Fsp3) is 0.120. The molecule has 0 bridgehead atoms. The van der Waals surface area contributed by atoms with Gasteiger partial charge in [0.15, 0.2) is 10.9 Å². The maximum absolute atomic E-state index is 12.8.